The van der Waals surface area contributed by atoms with E-state index in [2.05, 4.69) is 20.7 Å². The van der Waals surface area contributed by atoms with Crippen LogP contribution in [0.15, 0.2) is 29.2 Å². The molecular weight excluding hydrogens is 390 g/mol. The number of halogens is 1. The van der Waals surface area contributed by atoms with Gasteiger partial charge in [0.1, 0.15) is 0 Å². The third-order valence-corrected chi connectivity index (χ3v) is 5.38. The lowest BCUT2D eigenvalue weighted by Crippen LogP contribution is -2.46. The summed E-state index contributed by atoms with van der Waals surface area (Å²) in [5.41, 5.74) is 0. The van der Waals surface area contributed by atoms with Crippen molar-refractivity contribution in [2.24, 2.45) is 0 Å². The number of rotatable bonds is 9. The van der Waals surface area contributed by atoms with E-state index in [4.69, 9.17) is 16.3 Å². The van der Waals surface area contributed by atoms with Gasteiger partial charge in [0, 0.05) is 35.3 Å². The highest BCUT2D eigenvalue weighted by Crippen LogP contribution is 2.23. The highest BCUT2D eigenvalue weighted by atomic mass is 35.5. The zero-order chi connectivity index (χ0) is 19.5. The second kappa shape index (κ2) is 12.1. The number of amides is 2. The number of carbonyl (C=O) groups is 2. The average Bonchev–Trinajstić information content (AvgIpc) is 2.69. The Labute approximate surface area is 168 Å². The maximum atomic E-state index is 11.6. The van der Waals surface area contributed by atoms with Crippen LogP contribution in [-0.2, 0) is 14.3 Å². The van der Waals surface area contributed by atoms with Gasteiger partial charge in [0.2, 0.25) is 5.91 Å². The standard InChI is InChI=1S/C18H26ClN3O4S/c1-25-18(24)22-11-17(23)21-8-2-3-14-9-20-10-15(26-14)12-27-16-6-4-13(19)5-7-16/h4-7,14-15,20H,2-3,8-12H2,1H3,(H,21,23)(H,22,24). The summed E-state index contributed by atoms with van der Waals surface area (Å²) in [5.74, 6) is 0.640. The Morgan fingerprint density at radius 3 is 2.74 bits per heavy atom. The number of hydrogen-bond acceptors (Lipinski definition) is 6. The Bertz CT molecular complexity index is 603. The van der Waals surface area contributed by atoms with Crippen LogP contribution in [0, 0.1) is 0 Å². The predicted octanol–water partition coefficient (Wildman–Crippen LogP) is 2.04. The molecule has 150 valence electrons. The van der Waals surface area contributed by atoms with E-state index in [0.29, 0.717) is 6.54 Å². The summed E-state index contributed by atoms with van der Waals surface area (Å²) in [5, 5.41) is 9.26. The molecule has 2 amide bonds. The van der Waals surface area contributed by atoms with Crippen molar-refractivity contribution >= 4 is 35.4 Å². The van der Waals surface area contributed by atoms with E-state index >= 15 is 0 Å². The van der Waals surface area contributed by atoms with Crippen molar-refractivity contribution in [2.75, 3.05) is 39.0 Å². The first-order valence-corrected chi connectivity index (χ1v) is 10.3. The predicted molar refractivity (Wildman–Crippen MR) is 106 cm³/mol. The van der Waals surface area contributed by atoms with Crippen LogP contribution in [0.1, 0.15) is 12.8 Å². The van der Waals surface area contributed by atoms with Crippen molar-refractivity contribution in [1.29, 1.82) is 0 Å². The number of ether oxygens (including phenoxy) is 2. The van der Waals surface area contributed by atoms with E-state index in [1.807, 2.05) is 24.3 Å². The van der Waals surface area contributed by atoms with Crippen LogP contribution in [0.5, 0.6) is 0 Å². The first-order chi connectivity index (χ1) is 13.1. The molecule has 0 bridgehead atoms. The van der Waals surface area contributed by atoms with Crippen LogP contribution >= 0.6 is 23.4 Å². The summed E-state index contributed by atoms with van der Waals surface area (Å²) in [4.78, 5) is 23.6. The third kappa shape index (κ3) is 8.83. The number of alkyl carbamates (subject to hydrolysis) is 1. The number of nitrogens with one attached hydrogen (secondary N) is 3. The number of hydrogen-bond donors (Lipinski definition) is 3. The summed E-state index contributed by atoms with van der Waals surface area (Å²) in [6.07, 6.45) is 1.35. The van der Waals surface area contributed by atoms with E-state index in [1.54, 1.807) is 11.8 Å². The molecule has 0 spiro atoms. The van der Waals surface area contributed by atoms with Crippen molar-refractivity contribution in [3.05, 3.63) is 29.3 Å². The summed E-state index contributed by atoms with van der Waals surface area (Å²) < 4.78 is 10.5. The summed E-state index contributed by atoms with van der Waals surface area (Å²) in [6, 6.07) is 7.81. The fraction of sp³-hybridized carbons (Fsp3) is 0.556. The van der Waals surface area contributed by atoms with Gasteiger partial charge in [-0.05, 0) is 37.1 Å². The zero-order valence-electron chi connectivity index (χ0n) is 15.3. The molecule has 2 atom stereocenters. The quantitative estimate of drug-likeness (QED) is 0.422. The molecule has 0 aliphatic carbocycles. The first kappa shape index (κ1) is 21.8. The molecule has 1 fully saturated rings. The normalized spacial score (nSPS) is 19.3. The molecule has 27 heavy (non-hydrogen) atoms. The second-order valence-corrected chi connectivity index (χ2v) is 7.67. The fourth-order valence-corrected chi connectivity index (χ4v) is 3.64. The van der Waals surface area contributed by atoms with E-state index in [1.165, 1.54) is 12.0 Å². The smallest absolute Gasteiger partial charge is 0.407 e. The molecule has 1 saturated heterocycles. The Kier molecular flexibility index (Phi) is 9.75. The monoisotopic (exact) mass is 415 g/mol. The highest BCUT2D eigenvalue weighted by Gasteiger charge is 2.21. The third-order valence-electron chi connectivity index (χ3n) is 3.98. The maximum absolute atomic E-state index is 11.6. The Hall–Kier alpha value is -1.48. The Morgan fingerprint density at radius 2 is 2.00 bits per heavy atom. The van der Waals surface area contributed by atoms with E-state index < -0.39 is 6.09 Å². The highest BCUT2D eigenvalue weighted by molar-refractivity contribution is 7.99. The van der Waals surface area contributed by atoms with Gasteiger partial charge in [-0.2, -0.15) is 0 Å². The van der Waals surface area contributed by atoms with E-state index in [9.17, 15) is 9.59 Å². The molecule has 1 aromatic rings. The molecular formula is C18H26ClN3O4S. The molecule has 1 aliphatic rings. The summed E-state index contributed by atoms with van der Waals surface area (Å²) >= 11 is 7.66. The van der Waals surface area contributed by atoms with Gasteiger partial charge >= 0.3 is 6.09 Å². The fourth-order valence-electron chi connectivity index (χ4n) is 2.61. The lowest BCUT2D eigenvalue weighted by Gasteiger charge is -2.31. The SMILES string of the molecule is COC(=O)NCC(=O)NCCCC1CNCC(CSc2ccc(Cl)cc2)O1. The number of benzene rings is 1. The van der Waals surface area contributed by atoms with Gasteiger partial charge in [-0.25, -0.2) is 4.79 Å². The number of thioether (sulfide) groups is 1. The molecule has 1 heterocycles. The van der Waals surface area contributed by atoms with Crippen molar-refractivity contribution in [1.82, 2.24) is 16.0 Å². The molecule has 9 heteroatoms. The average molecular weight is 416 g/mol. The molecule has 2 rings (SSSR count). The van der Waals surface area contributed by atoms with Gasteiger partial charge in [0.05, 0.1) is 25.9 Å². The van der Waals surface area contributed by atoms with Crippen LogP contribution in [0.3, 0.4) is 0 Å². The Morgan fingerprint density at radius 1 is 1.26 bits per heavy atom. The molecule has 7 nitrogen and oxygen atoms in total. The van der Waals surface area contributed by atoms with Crippen LogP contribution < -0.4 is 16.0 Å². The van der Waals surface area contributed by atoms with Crippen molar-refractivity contribution < 1.29 is 19.1 Å². The molecule has 0 aromatic heterocycles. The summed E-state index contributed by atoms with van der Waals surface area (Å²) in [7, 11) is 1.26. The minimum atomic E-state index is -0.616. The summed E-state index contributed by atoms with van der Waals surface area (Å²) in [6.45, 7) is 2.12. The minimum absolute atomic E-state index is 0.0852. The number of methoxy groups -OCH3 is 1. The van der Waals surface area contributed by atoms with Gasteiger partial charge < -0.3 is 25.4 Å². The lowest BCUT2D eigenvalue weighted by atomic mass is 10.1. The molecule has 1 aliphatic heterocycles. The van der Waals surface area contributed by atoms with Crippen molar-refractivity contribution in [3.63, 3.8) is 0 Å². The number of morpholine rings is 1. The molecule has 0 saturated carbocycles. The molecule has 3 N–H and O–H groups in total. The molecule has 0 radical (unpaired) electrons. The van der Waals surface area contributed by atoms with Gasteiger partial charge in [0.15, 0.2) is 0 Å². The van der Waals surface area contributed by atoms with Crippen LogP contribution in [0.2, 0.25) is 5.02 Å². The van der Waals surface area contributed by atoms with Gasteiger partial charge in [-0.15, -0.1) is 11.8 Å². The van der Waals surface area contributed by atoms with Crippen molar-refractivity contribution in [2.45, 2.75) is 29.9 Å². The van der Waals surface area contributed by atoms with Gasteiger partial charge in [0.25, 0.3) is 0 Å². The number of carbonyl (C=O) groups excluding carboxylic acids is 2. The van der Waals surface area contributed by atoms with Crippen LogP contribution in [0.25, 0.3) is 0 Å². The largest absolute Gasteiger partial charge is 0.453 e. The van der Waals surface area contributed by atoms with Crippen molar-refractivity contribution in [3.8, 4) is 0 Å². The molecule has 1 aromatic carbocycles. The van der Waals surface area contributed by atoms with Crippen LogP contribution in [0.4, 0.5) is 4.79 Å². The van der Waals surface area contributed by atoms with Gasteiger partial charge in [-0.3, -0.25) is 4.79 Å². The molecule has 2 unspecified atom stereocenters. The lowest BCUT2D eigenvalue weighted by molar-refractivity contribution is -0.120. The van der Waals surface area contributed by atoms with E-state index in [-0.39, 0.29) is 24.7 Å². The van der Waals surface area contributed by atoms with Crippen LogP contribution in [-0.4, -0.2) is 63.3 Å². The van der Waals surface area contributed by atoms with Gasteiger partial charge in [-0.1, -0.05) is 11.6 Å². The zero-order valence-corrected chi connectivity index (χ0v) is 16.9. The Balaban J connectivity index is 1.58. The minimum Gasteiger partial charge on any atom is -0.453 e. The maximum Gasteiger partial charge on any atom is 0.407 e. The first-order valence-electron chi connectivity index (χ1n) is 8.90. The second-order valence-electron chi connectivity index (χ2n) is 6.14. The topological polar surface area (TPSA) is 88.7 Å². The van der Waals surface area contributed by atoms with E-state index in [0.717, 1.165) is 36.7 Å².